The van der Waals surface area contributed by atoms with Gasteiger partial charge in [0.2, 0.25) is 0 Å². The van der Waals surface area contributed by atoms with E-state index in [2.05, 4.69) is 0 Å². The van der Waals surface area contributed by atoms with Crippen LogP contribution >= 0.6 is 0 Å². The summed E-state index contributed by atoms with van der Waals surface area (Å²) >= 11 is 0. The molecule has 0 N–H and O–H groups in total. The van der Waals surface area contributed by atoms with E-state index in [1.807, 2.05) is 13.8 Å². The first kappa shape index (κ1) is 31.2. The molecule has 0 amide bonds. The molecule has 2 bridgehead atoms. The molecule has 7 fully saturated rings. The summed E-state index contributed by atoms with van der Waals surface area (Å²) in [7, 11) is 0. The first-order valence-corrected chi connectivity index (χ1v) is 17.4. The number of fused-ring (bicyclic) bond motifs is 7. The number of epoxide rings is 2. The molecule has 6 heteroatoms. The molecule has 232 valence electrons. The van der Waals surface area contributed by atoms with E-state index in [4.69, 9.17) is 28.4 Å². The van der Waals surface area contributed by atoms with Crippen molar-refractivity contribution >= 4 is 0 Å². The van der Waals surface area contributed by atoms with Crippen LogP contribution in [0.15, 0.2) is 0 Å². The van der Waals surface area contributed by atoms with Gasteiger partial charge in [0.05, 0.1) is 24.4 Å². The second-order valence-corrected chi connectivity index (χ2v) is 13.6. The number of rotatable bonds is 14. The second kappa shape index (κ2) is 16.6. The molecule has 0 radical (unpaired) electrons. The van der Waals surface area contributed by atoms with Crippen LogP contribution in [-0.2, 0) is 28.4 Å². The maximum atomic E-state index is 5.65. The molecule has 10 unspecified atom stereocenters. The molecule has 5 aliphatic carbocycles. The second-order valence-electron chi connectivity index (χ2n) is 13.6. The molecule has 2 aliphatic heterocycles. The summed E-state index contributed by atoms with van der Waals surface area (Å²) in [6.45, 7) is 10.8. The molecule has 2 heterocycles. The third kappa shape index (κ3) is 9.64. The zero-order chi connectivity index (χ0) is 27.6. The van der Waals surface area contributed by atoms with E-state index in [1.54, 1.807) is 38.5 Å². The van der Waals surface area contributed by atoms with Crippen LogP contribution in [0.2, 0.25) is 0 Å². The summed E-state index contributed by atoms with van der Waals surface area (Å²) in [6.07, 6.45) is 21.4. The lowest BCUT2D eigenvalue weighted by Crippen LogP contribution is -2.18. The number of ether oxygens (including phenoxy) is 6. The SMILES string of the molecule is C1CC2C3CCC(C3)C2C1.CCOCCCOCC1CCC2OC2C1.CCOCCCOCC1CCC2OC2C1. The van der Waals surface area contributed by atoms with Gasteiger partial charge in [0.1, 0.15) is 0 Å². The molecule has 0 aromatic heterocycles. The lowest BCUT2D eigenvalue weighted by molar-refractivity contribution is 0.0626. The maximum Gasteiger partial charge on any atom is 0.0845 e. The minimum atomic E-state index is 0.579. The Bertz CT molecular complexity index is 648. The first-order chi connectivity index (χ1) is 19.7. The van der Waals surface area contributed by atoms with Crippen molar-refractivity contribution in [1.82, 2.24) is 0 Å². The number of hydrogen-bond donors (Lipinski definition) is 0. The Kier molecular flexibility index (Phi) is 12.9. The van der Waals surface area contributed by atoms with Crippen molar-refractivity contribution in [2.45, 2.75) is 128 Å². The average Bonchev–Trinajstić information content (AvgIpc) is 3.74. The van der Waals surface area contributed by atoms with Gasteiger partial charge < -0.3 is 28.4 Å². The van der Waals surface area contributed by atoms with Crippen molar-refractivity contribution < 1.29 is 28.4 Å². The molecule has 6 nitrogen and oxygen atoms in total. The van der Waals surface area contributed by atoms with Gasteiger partial charge in [-0.3, -0.25) is 0 Å². The van der Waals surface area contributed by atoms with E-state index < -0.39 is 0 Å². The van der Waals surface area contributed by atoms with Gasteiger partial charge >= 0.3 is 0 Å². The van der Waals surface area contributed by atoms with Gasteiger partial charge in [-0.1, -0.05) is 6.42 Å². The van der Waals surface area contributed by atoms with E-state index >= 15 is 0 Å². The van der Waals surface area contributed by atoms with Crippen LogP contribution in [0, 0.1) is 35.5 Å². The highest BCUT2D eigenvalue weighted by molar-refractivity contribution is 4.99. The predicted molar refractivity (Wildman–Crippen MR) is 158 cm³/mol. The third-order valence-corrected chi connectivity index (χ3v) is 10.8. The Balaban J connectivity index is 0.000000123. The fraction of sp³-hybridized carbons (Fsp3) is 1.00. The predicted octanol–water partition coefficient (Wildman–Crippen LogP) is 6.83. The zero-order valence-corrected chi connectivity index (χ0v) is 25.8. The molecular weight excluding hydrogens is 504 g/mol. The lowest BCUT2D eigenvalue weighted by atomic mass is 9.82. The van der Waals surface area contributed by atoms with Crippen LogP contribution in [0.5, 0.6) is 0 Å². The van der Waals surface area contributed by atoms with Gasteiger partial charge in [-0.2, -0.15) is 0 Å². The van der Waals surface area contributed by atoms with Gasteiger partial charge in [-0.15, -0.1) is 0 Å². The summed E-state index contributed by atoms with van der Waals surface area (Å²) in [5, 5.41) is 0. The fourth-order valence-corrected chi connectivity index (χ4v) is 8.61. The Morgan fingerprint density at radius 2 is 0.975 bits per heavy atom. The van der Waals surface area contributed by atoms with Crippen molar-refractivity contribution in [3.63, 3.8) is 0 Å². The van der Waals surface area contributed by atoms with Crippen LogP contribution in [-0.4, -0.2) is 77.3 Å². The van der Waals surface area contributed by atoms with E-state index in [0.29, 0.717) is 24.4 Å². The highest BCUT2D eigenvalue weighted by Crippen LogP contribution is 2.58. The van der Waals surface area contributed by atoms with Crippen LogP contribution in [0.3, 0.4) is 0 Å². The molecule has 5 saturated carbocycles. The van der Waals surface area contributed by atoms with Gasteiger partial charge in [-0.05, 0) is 133 Å². The van der Waals surface area contributed by atoms with E-state index in [1.165, 1.54) is 62.2 Å². The first-order valence-electron chi connectivity index (χ1n) is 17.4. The fourth-order valence-electron chi connectivity index (χ4n) is 8.61. The van der Waals surface area contributed by atoms with Crippen LogP contribution in [0.25, 0.3) is 0 Å². The summed E-state index contributed by atoms with van der Waals surface area (Å²) in [5.74, 6) is 6.27. The molecule has 2 saturated heterocycles. The summed E-state index contributed by atoms with van der Waals surface area (Å²) in [4.78, 5) is 0. The van der Waals surface area contributed by atoms with Crippen molar-refractivity contribution in [2.75, 3.05) is 52.9 Å². The number of hydrogen-bond acceptors (Lipinski definition) is 6. The van der Waals surface area contributed by atoms with Crippen molar-refractivity contribution in [1.29, 1.82) is 0 Å². The molecule has 0 spiro atoms. The Morgan fingerprint density at radius 3 is 1.43 bits per heavy atom. The summed E-state index contributed by atoms with van der Waals surface area (Å²) in [5.41, 5.74) is 0. The summed E-state index contributed by atoms with van der Waals surface area (Å²) < 4.78 is 32.8. The van der Waals surface area contributed by atoms with Crippen molar-refractivity contribution in [3.8, 4) is 0 Å². The Morgan fingerprint density at radius 1 is 0.500 bits per heavy atom. The van der Waals surface area contributed by atoms with E-state index in [-0.39, 0.29) is 0 Å². The molecule has 7 aliphatic rings. The topological polar surface area (TPSA) is 62.0 Å². The highest BCUT2D eigenvalue weighted by atomic mass is 16.6. The van der Waals surface area contributed by atoms with Gasteiger partial charge in [0.15, 0.2) is 0 Å². The summed E-state index contributed by atoms with van der Waals surface area (Å²) in [6, 6.07) is 0. The standard InChI is InChI=1S/2C12H22O3.C10H16/c2*1-2-13-6-3-7-14-9-10-4-5-11-12(8-10)15-11;1-2-9-7-4-5-8(6-7)10(9)3-1/h2*10-12H,2-9H2,1H3;7-10H,1-6H2. The van der Waals surface area contributed by atoms with Crippen LogP contribution in [0.4, 0.5) is 0 Å². The van der Waals surface area contributed by atoms with Crippen molar-refractivity contribution in [3.05, 3.63) is 0 Å². The lowest BCUT2D eigenvalue weighted by Gasteiger charge is -2.23. The third-order valence-electron chi connectivity index (χ3n) is 10.8. The van der Waals surface area contributed by atoms with Gasteiger partial charge in [0, 0.05) is 52.9 Å². The smallest absolute Gasteiger partial charge is 0.0845 e. The van der Waals surface area contributed by atoms with Gasteiger partial charge in [-0.25, -0.2) is 0 Å². The quantitative estimate of drug-likeness (QED) is 0.170. The van der Waals surface area contributed by atoms with E-state index in [0.717, 1.165) is 77.5 Å². The molecular formula is C34H60O6. The largest absolute Gasteiger partial charge is 0.382 e. The Hall–Kier alpha value is -0.240. The average molecular weight is 565 g/mol. The zero-order valence-electron chi connectivity index (χ0n) is 25.8. The Labute approximate surface area is 244 Å². The van der Waals surface area contributed by atoms with Gasteiger partial charge in [0.25, 0.3) is 0 Å². The monoisotopic (exact) mass is 564 g/mol. The molecule has 10 atom stereocenters. The normalized spacial score (nSPS) is 39.8. The maximum absolute atomic E-state index is 5.65. The molecule has 0 aromatic rings. The molecule has 40 heavy (non-hydrogen) atoms. The molecule has 7 rings (SSSR count). The van der Waals surface area contributed by atoms with E-state index in [9.17, 15) is 0 Å². The van der Waals surface area contributed by atoms with Crippen LogP contribution in [0.1, 0.15) is 104 Å². The highest BCUT2D eigenvalue weighted by Gasteiger charge is 2.49. The van der Waals surface area contributed by atoms with Crippen LogP contribution < -0.4 is 0 Å². The van der Waals surface area contributed by atoms with Crippen molar-refractivity contribution in [2.24, 2.45) is 35.5 Å². The molecule has 0 aromatic carbocycles. The minimum Gasteiger partial charge on any atom is -0.382 e. The minimum absolute atomic E-state index is 0.579.